The maximum absolute atomic E-state index is 9.00. The Bertz CT molecular complexity index is 124. The molecule has 0 aromatic carbocycles. The van der Waals surface area contributed by atoms with Crippen LogP contribution < -0.4 is 0 Å². The van der Waals surface area contributed by atoms with E-state index in [1.54, 1.807) is 0 Å². The van der Waals surface area contributed by atoms with Crippen LogP contribution in [0.2, 0.25) is 0 Å². The second kappa shape index (κ2) is 22.8. The van der Waals surface area contributed by atoms with E-state index in [0.717, 1.165) is 13.8 Å². The van der Waals surface area contributed by atoms with Gasteiger partial charge in [-0.2, -0.15) is 9.59 Å². The van der Waals surface area contributed by atoms with Gasteiger partial charge < -0.3 is 15.7 Å². The number of carbonyl (C=O) groups is 2. The van der Waals surface area contributed by atoms with Gasteiger partial charge in [-0.05, 0) is 0 Å². The first-order valence-corrected chi connectivity index (χ1v) is 2.26. The Morgan fingerprint density at radius 2 is 1.00 bits per heavy atom. The maximum atomic E-state index is 9.00. The van der Waals surface area contributed by atoms with E-state index in [1.165, 1.54) is 0 Å². The average Bonchev–Trinajstić information content (AvgIpc) is 1.60. The number of carboxylic acid groups (broad SMARTS) is 2. The molecule has 0 heterocycles. The second-order valence-electron chi connectivity index (χ2n) is 1.12. The Balaban J connectivity index is -0.0000000389. The lowest BCUT2D eigenvalue weighted by Crippen LogP contribution is -1.78. The fourth-order valence-corrected chi connectivity index (χ4v) is 0. The van der Waals surface area contributed by atoms with E-state index in [0.29, 0.717) is 0 Å². The number of carboxylic acids is 2. The molecule has 0 spiro atoms. The summed E-state index contributed by atoms with van der Waals surface area (Å²) in [4.78, 5) is 34.2. The minimum atomic E-state index is -0.833. The topological polar surface area (TPSA) is 140 Å². The predicted molar refractivity (Wildman–Crippen MR) is 35.2 cm³/mol. The van der Waals surface area contributed by atoms with Crippen LogP contribution >= 0.6 is 0 Å². The van der Waals surface area contributed by atoms with Crippen LogP contribution in [0.4, 0.5) is 0 Å². The van der Waals surface area contributed by atoms with E-state index in [4.69, 9.17) is 29.4 Å². The Kier molecular flexibility index (Phi) is 42.7. The molecule has 0 aromatic heterocycles. The van der Waals surface area contributed by atoms with Crippen LogP contribution in [0.5, 0.6) is 0 Å². The number of carbonyl (C=O) groups excluding carboxylic acids is 2. The number of hydrogen-bond acceptors (Lipinski definition) is 4. The molecule has 0 unspecified atom stereocenters. The van der Waals surface area contributed by atoms with E-state index in [9.17, 15) is 0 Å². The van der Waals surface area contributed by atoms with Crippen molar-refractivity contribution in [3.8, 4) is 0 Å². The van der Waals surface area contributed by atoms with Crippen molar-refractivity contribution in [2.24, 2.45) is 0 Å². The highest BCUT2D eigenvalue weighted by molar-refractivity contribution is 5.63. The molecule has 0 aromatic rings. The summed E-state index contributed by atoms with van der Waals surface area (Å²) < 4.78 is 0. The molecule has 0 atom stereocenters. The number of rotatable bonds is 0. The van der Waals surface area contributed by atoms with Crippen molar-refractivity contribution in [3.63, 3.8) is 0 Å². The first kappa shape index (κ1) is 22.4. The van der Waals surface area contributed by atoms with Gasteiger partial charge in [-0.25, -0.2) is 0 Å². The van der Waals surface area contributed by atoms with E-state index >= 15 is 0 Å². The van der Waals surface area contributed by atoms with Crippen molar-refractivity contribution >= 4 is 18.1 Å². The Morgan fingerprint density at radius 3 is 1.00 bits per heavy atom. The summed E-state index contributed by atoms with van der Waals surface area (Å²) in [7, 11) is 0. The predicted octanol–water partition coefficient (Wildman–Crippen LogP) is -1.23. The van der Waals surface area contributed by atoms with E-state index < -0.39 is 11.9 Å². The van der Waals surface area contributed by atoms with Gasteiger partial charge in [0.25, 0.3) is 11.9 Å². The van der Waals surface area contributed by atoms with E-state index in [2.05, 4.69) is 0 Å². The summed E-state index contributed by atoms with van der Waals surface area (Å²) in [5.74, 6) is -1.67. The van der Waals surface area contributed by atoms with E-state index in [-0.39, 0.29) is 11.6 Å². The fraction of sp³-hybridized carbons (Fsp3) is 0.400. The summed E-state index contributed by atoms with van der Waals surface area (Å²) in [6, 6.07) is 0. The summed E-state index contributed by atoms with van der Waals surface area (Å²) >= 11 is 0. The monoisotopic (exact) mass is 182 g/mol. The molecule has 0 radical (unpaired) electrons. The van der Waals surface area contributed by atoms with Crippen molar-refractivity contribution in [3.05, 3.63) is 0 Å². The lowest BCUT2D eigenvalue weighted by molar-refractivity contribution is -0.191. The van der Waals surface area contributed by atoms with Crippen molar-refractivity contribution in [1.29, 1.82) is 0 Å². The molecule has 0 saturated carbocycles. The van der Waals surface area contributed by atoms with Crippen LogP contribution in [0.3, 0.4) is 0 Å². The third-order valence-electron chi connectivity index (χ3n) is 0. The molecule has 7 heteroatoms. The number of aliphatic carboxylic acids is 2. The van der Waals surface area contributed by atoms with Crippen molar-refractivity contribution in [1.82, 2.24) is 0 Å². The van der Waals surface area contributed by atoms with Gasteiger partial charge in [-0.1, -0.05) is 0 Å². The largest absolute Gasteiger partial charge is 0.481 e. The molecular weight excluding hydrogens is 172 g/mol. The highest BCUT2D eigenvalue weighted by atomic mass is 16.4. The van der Waals surface area contributed by atoms with Crippen LogP contribution in [0, 0.1) is 0 Å². The van der Waals surface area contributed by atoms with Crippen LogP contribution in [0.15, 0.2) is 0 Å². The third kappa shape index (κ3) is 148. The molecule has 0 bridgehead atoms. The molecule has 4 N–H and O–H groups in total. The molecule has 0 aliphatic heterocycles. The second-order valence-corrected chi connectivity index (χ2v) is 1.12. The SMILES string of the molecule is CC(=O)O.CC(=O)O.O.O=C=O. The molecule has 12 heavy (non-hydrogen) atoms. The smallest absolute Gasteiger partial charge is 0.373 e. The quantitative estimate of drug-likeness (QED) is 0.480. The Labute approximate surface area is 67.9 Å². The van der Waals surface area contributed by atoms with Gasteiger partial charge in [0.2, 0.25) is 0 Å². The lowest BCUT2D eigenvalue weighted by Gasteiger charge is -1.59. The highest BCUT2D eigenvalue weighted by Crippen LogP contribution is 1.42. The number of hydrogen-bond donors (Lipinski definition) is 2. The van der Waals surface area contributed by atoms with Crippen LogP contribution in [0.25, 0.3) is 0 Å². The van der Waals surface area contributed by atoms with E-state index in [1.807, 2.05) is 0 Å². The zero-order valence-corrected chi connectivity index (χ0v) is 6.53. The van der Waals surface area contributed by atoms with Gasteiger partial charge >= 0.3 is 6.15 Å². The normalized spacial score (nSPS) is 4.83. The minimum Gasteiger partial charge on any atom is -0.481 e. The standard InChI is InChI=1S/2C2H4O2.CO2.H2O/c2*1-2(3)4;2-1-3;/h2*1H3,(H,3,4);;1H2. The molecule has 7 nitrogen and oxygen atoms in total. The van der Waals surface area contributed by atoms with Crippen LogP contribution in [0.1, 0.15) is 13.8 Å². The van der Waals surface area contributed by atoms with Gasteiger partial charge in [0.1, 0.15) is 0 Å². The molecule has 0 amide bonds. The van der Waals surface area contributed by atoms with Gasteiger partial charge in [-0.15, -0.1) is 0 Å². The summed E-state index contributed by atoms with van der Waals surface area (Å²) in [6.07, 6.45) is 0.250. The Morgan fingerprint density at radius 1 is 1.00 bits per heavy atom. The van der Waals surface area contributed by atoms with Crippen molar-refractivity contribution in [2.45, 2.75) is 13.8 Å². The average molecular weight is 182 g/mol. The van der Waals surface area contributed by atoms with Crippen LogP contribution in [-0.2, 0) is 19.2 Å². The molecule has 0 aliphatic carbocycles. The molecule has 0 rings (SSSR count). The molecule has 0 aliphatic rings. The minimum absolute atomic E-state index is 0. The third-order valence-corrected chi connectivity index (χ3v) is 0. The first-order chi connectivity index (χ1) is 4.88. The van der Waals surface area contributed by atoms with Gasteiger partial charge in [-0.3, -0.25) is 9.59 Å². The zero-order valence-electron chi connectivity index (χ0n) is 6.53. The van der Waals surface area contributed by atoms with Crippen molar-refractivity contribution < 1.29 is 34.9 Å². The lowest BCUT2D eigenvalue weighted by atomic mass is 10.9. The van der Waals surface area contributed by atoms with Crippen LogP contribution in [-0.4, -0.2) is 33.8 Å². The summed E-state index contributed by atoms with van der Waals surface area (Å²) in [5.41, 5.74) is 0. The summed E-state index contributed by atoms with van der Waals surface area (Å²) in [5, 5.41) is 14.8. The van der Waals surface area contributed by atoms with Gasteiger partial charge in [0, 0.05) is 13.8 Å². The Hall–Kier alpha value is -1.72. The molecular formula is C5H10O7. The highest BCUT2D eigenvalue weighted by Gasteiger charge is 1.65. The molecule has 0 saturated heterocycles. The maximum Gasteiger partial charge on any atom is 0.373 e. The van der Waals surface area contributed by atoms with Crippen molar-refractivity contribution in [2.75, 3.05) is 0 Å². The first-order valence-electron chi connectivity index (χ1n) is 2.26. The fourth-order valence-electron chi connectivity index (χ4n) is 0. The molecule has 72 valence electrons. The van der Waals surface area contributed by atoms with Gasteiger partial charge in [0.05, 0.1) is 0 Å². The van der Waals surface area contributed by atoms with Gasteiger partial charge in [0.15, 0.2) is 0 Å². The zero-order chi connectivity index (χ0) is 9.86. The summed E-state index contributed by atoms with van der Waals surface area (Å²) in [6.45, 7) is 2.17. The molecule has 0 fully saturated rings.